The largest absolute Gasteiger partial charge is 0.483 e. The monoisotopic (exact) mass is 270 g/mol. The summed E-state index contributed by atoms with van der Waals surface area (Å²) in [6, 6.07) is 5.38. The third-order valence-corrected chi connectivity index (χ3v) is 2.56. The van der Waals surface area contributed by atoms with Crippen LogP contribution in [0.25, 0.3) is 0 Å². The van der Waals surface area contributed by atoms with Crippen LogP contribution in [0.15, 0.2) is 18.2 Å². The molecule has 0 radical (unpaired) electrons. The second-order valence-corrected chi connectivity index (χ2v) is 4.21. The number of hydrogen-bond donors (Lipinski definition) is 2. The quantitative estimate of drug-likeness (QED) is 0.796. The lowest BCUT2D eigenvalue weighted by atomic mass is 10.2. The highest BCUT2D eigenvalue weighted by Gasteiger charge is 2.07. The predicted octanol–water partition coefficient (Wildman–Crippen LogP) is 1.96. The Bertz CT molecular complexity index is 397. The molecule has 18 heavy (non-hydrogen) atoms. The highest BCUT2D eigenvalue weighted by molar-refractivity contribution is 6.30. The zero-order chi connectivity index (χ0) is 13.4. The van der Waals surface area contributed by atoms with E-state index in [-0.39, 0.29) is 12.5 Å². The van der Waals surface area contributed by atoms with Crippen molar-refractivity contribution in [3.05, 3.63) is 28.8 Å². The van der Waals surface area contributed by atoms with Crippen molar-refractivity contribution in [2.24, 2.45) is 0 Å². The number of nitrogens with one attached hydrogen (secondary N) is 2. The molecule has 0 unspecified atom stereocenters. The number of rotatable bonds is 7. The van der Waals surface area contributed by atoms with Crippen LogP contribution >= 0.6 is 11.6 Å². The first-order valence-corrected chi connectivity index (χ1v) is 6.43. The van der Waals surface area contributed by atoms with E-state index < -0.39 is 0 Å². The summed E-state index contributed by atoms with van der Waals surface area (Å²) in [6.45, 7) is 6.06. The van der Waals surface area contributed by atoms with Crippen LogP contribution in [0, 0.1) is 0 Å². The molecule has 1 aromatic carbocycles. The number of amides is 1. The molecule has 0 atom stereocenters. The van der Waals surface area contributed by atoms with E-state index in [9.17, 15) is 4.79 Å². The van der Waals surface area contributed by atoms with Gasteiger partial charge in [0.15, 0.2) is 6.61 Å². The minimum absolute atomic E-state index is 0.0224. The smallest absolute Gasteiger partial charge is 0.257 e. The molecule has 0 bridgehead atoms. The lowest BCUT2D eigenvalue weighted by Gasteiger charge is -2.12. The highest BCUT2D eigenvalue weighted by Crippen LogP contribution is 2.22. The average Bonchev–Trinajstić information content (AvgIpc) is 2.35. The van der Waals surface area contributed by atoms with Gasteiger partial charge in [0.25, 0.3) is 5.91 Å². The van der Waals surface area contributed by atoms with Crippen molar-refractivity contribution in [3.63, 3.8) is 0 Å². The zero-order valence-electron chi connectivity index (χ0n) is 10.8. The molecule has 100 valence electrons. The van der Waals surface area contributed by atoms with E-state index in [1.165, 1.54) is 0 Å². The van der Waals surface area contributed by atoms with Gasteiger partial charge in [0.05, 0.1) is 0 Å². The summed E-state index contributed by atoms with van der Waals surface area (Å²) in [4.78, 5) is 11.3. The van der Waals surface area contributed by atoms with E-state index in [1.54, 1.807) is 12.1 Å². The summed E-state index contributed by atoms with van der Waals surface area (Å²) in [5.41, 5.74) is 0.952. The lowest BCUT2D eigenvalue weighted by molar-refractivity contribution is -0.122. The van der Waals surface area contributed by atoms with Gasteiger partial charge in [-0.15, -0.1) is 0 Å². The van der Waals surface area contributed by atoms with Gasteiger partial charge in [-0.3, -0.25) is 4.79 Å². The Hall–Kier alpha value is -1.26. The maximum absolute atomic E-state index is 11.3. The molecule has 0 saturated heterocycles. The maximum Gasteiger partial charge on any atom is 0.257 e. The van der Waals surface area contributed by atoms with Crippen molar-refractivity contribution in [1.82, 2.24) is 10.6 Å². The molecule has 0 heterocycles. The number of carbonyl (C=O) groups is 1. The first kappa shape index (κ1) is 14.8. The van der Waals surface area contributed by atoms with Gasteiger partial charge in [0, 0.05) is 23.7 Å². The number of hydrogen-bond acceptors (Lipinski definition) is 3. The molecular weight excluding hydrogens is 252 g/mol. The first-order valence-electron chi connectivity index (χ1n) is 6.06. The van der Waals surface area contributed by atoms with Crippen LogP contribution in [0.2, 0.25) is 5.02 Å². The molecule has 5 heteroatoms. The molecule has 0 fully saturated rings. The van der Waals surface area contributed by atoms with E-state index in [4.69, 9.17) is 16.3 Å². The average molecular weight is 271 g/mol. The van der Waals surface area contributed by atoms with E-state index in [2.05, 4.69) is 10.6 Å². The molecule has 2 N–H and O–H groups in total. The van der Waals surface area contributed by atoms with Crippen LogP contribution in [0.4, 0.5) is 0 Å². The normalized spacial score (nSPS) is 10.2. The standard InChI is InChI=1S/C13H19ClN2O2/c1-3-15-8-10-7-11(14)5-6-12(10)18-9-13(17)16-4-2/h5-7,15H,3-4,8-9H2,1-2H3,(H,16,17). The SMILES string of the molecule is CCNCc1cc(Cl)ccc1OCC(=O)NCC. The second kappa shape index (κ2) is 7.95. The third-order valence-electron chi connectivity index (χ3n) is 2.32. The first-order chi connectivity index (χ1) is 8.67. The van der Waals surface area contributed by atoms with E-state index in [1.807, 2.05) is 19.9 Å². The Morgan fingerprint density at radius 1 is 1.33 bits per heavy atom. The zero-order valence-corrected chi connectivity index (χ0v) is 11.5. The predicted molar refractivity (Wildman–Crippen MR) is 73.0 cm³/mol. The van der Waals surface area contributed by atoms with Crippen LogP contribution in [-0.2, 0) is 11.3 Å². The van der Waals surface area contributed by atoms with Crippen molar-refractivity contribution < 1.29 is 9.53 Å². The van der Waals surface area contributed by atoms with Gasteiger partial charge in [-0.1, -0.05) is 18.5 Å². The molecule has 0 aromatic heterocycles. The van der Waals surface area contributed by atoms with Crippen LogP contribution < -0.4 is 15.4 Å². The topological polar surface area (TPSA) is 50.4 Å². The third kappa shape index (κ3) is 4.94. The Morgan fingerprint density at radius 3 is 2.78 bits per heavy atom. The number of benzene rings is 1. The Balaban J connectivity index is 2.65. The Kier molecular flexibility index (Phi) is 6.54. The van der Waals surface area contributed by atoms with Crippen molar-refractivity contribution in [2.75, 3.05) is 19.7 Å². The Morgan fingerprint density at radius 2 is 2.11 bits per heavy atom. The number of carbonyl (C=O) groups excluding carboxylic acids is 1. The molecule has 0 aliphatic heterocycles. The van der Waals surface area contributed by atoms with Gasteiger partial charge in [0.2, 0.25) is 0 Å². The summed E-state index contributed by atoms with van der Waals surface area (Å²) >= 11 is 5.95. The van der Waals surface area contributed by atoms with E-state index in [0.717, 1.165) is 12.1 Å². The van der Waals surface area contributed by atoms with Crippen molar-refractivity contribution in [1.29, 1.82) is 0 Å². The molecule has 0 saturated carbocycles. The minimum atomic E-state index is -0.123. The van der Waals surface area contributed by atoms with E-state index in [0.29, 0.717) is 23.9 Å². The molecule has 0 aliphatic carbocycles. The fraction of sp³-hybridized carbons (Fsp3) is 0.462. The summed E-state index contributed by atoms with van der Waals surface area (Å²) in [5, 5.41) is 6.55. The fourth-order valence-corrected chi connectivity index (χ4v) is 1.67. The lowest BCUT2D eigenvalue weighted by Crippen LogP contribution is -2.28. The second-order valence-electron chi connectivity index (χ2n) is 3.77. The van der Waals surface area contributed by atoms with Gasteiger partial charge in [0.1, 0.15) is 5.75 Å². The van der Waals surface area contributed by atoms with Crippen LogP contribution in [0.1, 0.15) is 19.4 Å². The number of halogens is 1. The highest BCUT2D eigenvalue weighted by atomic mass is 35.5. The maximum atomic E-state index is 11.3. The summed E-state index contributed by atoms with van der Waals surface area (Å²) < 4.78 is 5.49. The van der Waals surface area contributed by atoms with Gasteiger partial charge in [-0.25, -0.2) is 0 Å². The fourth-order valence-electron chi connectivity index (χ4n) is 1.48. The molecule has 1 rings (SSSR count). The van der Waals surface area contributed by atoms with Crippen LogP contribution in [0.3, 0.4) is 0 Å². The molecular formula is C13H19ClN2O2. The summed E-state index contributed by atoms with van der Waals surface area (Å²) in [5.74, 6) is 0.563. The van der Waals surface area contributed by atoms with E-state index >= 15 is 0 Å². The van der Waals surface area contributed by atoms with Gasteiger partial charge in [-0.05, 0) is 31.7 Å². The van der Waals surface area contributed by atoms with Gasteiger partial charge < -0.3 is 15.4 Å². The van der Waals surface area contributed by atoms with Crippen LogP contribution in [0.5, 0.6) is 5.75 Å². The van der Waals surface area contributed by atoms with Crippen molar-refractivity contribution in [3.8, 4) is 5.75 Å². The molecule has 0 spiro atoms. The van der Waals surface area contributed by atoms with Crippen molar-refractivity contribution >= 4 is 17.5 Å². The number of ether oxygens (including phenoxy) is 1. The Labute approximate surface area is 113 Å². The van der Waals surface area contributed by atoms with Crippen LogP contribution in [-0.4, -0.2) is 25.6 Å². The summed E-state index contributed by atoms with van der Waals surface area (Å²) in [7, 11) is 0. The van der Waals surface area contributed by atoms with Gasteiger partial charge in [-0.2, -0.15) is 0 Å². The minimum Gasteiger partial charge on any atom is -0.483 e. The van der Waals surface area contributed by atoms with Gasteiger partial charge >= 0.3 is 0 Å². The molecule has 1 amide bonds. The molecule has 1 aromatic rings. The number of likely N-dealkylation sites (N-methyl/N-ethyl adjacent to an activating group) is 1. The molecule has 0 aliphatic rings. The molecule has 4 nitrogen and oxygen atoms in total. The summed E-state index contributed by atoms with van der Waals surface area (Å²) in [6.07, 6.45) is 0. The van der Waals surface area contributed by atoms with Crippen molar-refractivity contribution in [2.45, 2.75) is 20.4 Å².